The first-order valence-electron chi connectivity index (χ1n) is 6.11. The van der Waals surface area contributed by atoms with Crippen molar-refractivity contribution in [1.82, 2.24) is 0 Å². The van der Waals surface area contributed by atoms with Gasteiger partial charge >= 0.3 is 5.69 Å². The van der Waals surface area contributed by atoms with E-state index in [0.717, 1.165) is 0 Å². The quantitative estimate of drug-likeness (QED) is 0.666. The van der Waals surface area contributed by atoms with Crippen LogP contribution in [0.4, 0.5) is 5.69 Å². The van der Waals surface area contributed by atoms with Gasteiger partial charge in [-0.3, -0.25) is 10.1 Å². The minimum absolute atomic E-state index is 0.0576. The first kappa shape index (κ1) is 13.6. The van der Waals surface area contributed by atoms with Crippen LogP contribution in [0.25, 0.3) is 0 Å². The van der Waals surface area contributed by atoms with Gasteiger partial charge in [-0.25, -0.2) is 0 Å². The van der Waals surface area contributed by atoms with Crippen molar-refractivity contribution in [2.75, 3.05) is 7.11 Å². The Morgan fingerprint density at radius 3 is 2.63 bits per heavy atom. The summed E-state index contributed by atoms with van der Waals surface area (Å²) >= 11 is 0. The van der Waals surface area contributed by atoms with Crippen LogP contribution in [-0.4, -0.2) is 24.2 Å². The Balaban J connectivity index is 2.26. The van der Waals surface area contributed by atoms with Gasteiger partial charge in [0.2, 0.25) is 5.75 Å². The highest BCUT2D eigenvalue weighted by Gasteiger charge is 2.48. The predicted molar refractivity (Wildman–Crippen MR) is 70.4 cm³/mol. The van der Waals surface area contributed by atoms with Crippen molar-refractivity contribution >= 4 is 5.69 Å². The summed E-state index contributed by atoms with van der Waals surface area (Å²) in [4.78, 5) is 10.5. The lowest BCUT2D eigenvalue weighted by molar-refractivity contribution is -0.386. The molecule has 2 N–H and O–H groups in total. The average molecular weight is 266 g/mol. The van der Waals surface area contributed by atoms with Crippen LogP contribution in [0.3, 0.4) is 0 Å². The third-order valence-corrected chi connectivity index (χ3v) is 3.89. The number of hydrogen-bond donors (Lipinski definition) is 1. The molecule has 1 saturated carbocycles. The largest absolute Gasteiger partial charge is 0.497 e. The van der Waals surface area contributed by atoms with Gasteiger partial charge < -0.3 is 15.2 Å². The molecule has 1 aliphatic carbocycles. The maximum absolute atomic E-state index is 11.0. The van der Waals surface area contributed by atoms with Crippen LogP contribution in [0.2, 0.25) is 0 Å². The lowest BCUT2D eigenvalue weighted by atomic mass is 9.65. The van der Waals surface area contributed by atoms with Crippen LogP contribution in [-0.2, 0) is 0 Å². The fourth-order valence-electron chi connectivity index (χ4n) is 2.14. The monoisotopic (exact) mass is 266 g/mol. The van der Waals surface area contributed by atoms with Gasteiger partial charge in [-0.15, -0.1) is 0 Å². The number of rotatable bonds is 4. The van der Waals surface area contributed by atoms with E-state index in [9.17, 15) is 10.1 Å². The highest BCUT2D eigenvalue weighted by atomic mass is 16.6. The van der Waals surface area contributed by atoms with E-state index >= 15 is 0 Å². The Morgan fingerprint density at radius 1 is 1.47 bits per heavy atom. The highest BCUT2D eigenvalue weighted by molar-refractivity contribution is 5.50. The van der Waals surface area contributed by atoms with E-state index in [4.69, 9.17) is 15.2 Å². The molecule has 0 aromatic heterocycles. The van der Waals surface area contributed by atoms with Crippen LogP contribution in [0.1, 0.15) is 20.3 Å². The molecular weight excluding hydrogens is 248 g/mol. The number of ether oxygens (including phenoxy) is 2. The zero-order valence-electron chi connectivity index (χ0n) is 11.3. The lowest BCUT2D eigenvalue weighted by Crippen LogP contribution is -2.60. The average Bonchev–Trinajstić information content (AvgIpc) is 2.38. The number of nitro benzene ring substituents is 1. The summed E-state index contributed by atoms with van der Waals surface area (Å²) in [6.45, 7) is 4.00. The van der Waals surface area contributed by atoms with Crippen LogP contribution in [0, 0.1) is 15.5 Å². The van der Waals surface area contributed by atoms with Gasteiger partial charge in [0.05, 0.1) is 12.0 Å². The Bertz CT molecular complexity index is 501. The van der Waals surface area contributed by atoms with Crippen molar-refractivity contribution in [3.63, 3.8) is 0 Å². The van der Waals surface area contributed by atoms with Crippen molar-refractivity contribution in [3.05, 3.63) is 28.3 Å². The number of hydrogen-bond acceptors (Lipinski definition) is 5. The van der Waals surface area contributed by atoms with E-state index in [1.54, 1.807) is 6.07 Å². The first-order valence-corrected chi connectivity index (χ1v) is 6.11. The first-order chi connectivity index (χ1) is 8.86. The Labute approximate surface area is 111 Å². The Hall–Kier alpha value is -1.82. The van der Waals surface area contributed by atoms with E-state index in [0.29, 0.717) is 12.2 Å². The molecule has 0 heterocycles. The minimum Gasteiger partial charge on any atom is -0.497 e. The molecule has 1 fully saturated rings. The van der Waals surface area contributed by atoms with Crippen molar-refractivity contribution in [3.8, 4) is 11.5 Å². The van der Waals surface area contributed by atoms with Crippen molar-refractivity contribution in [1.29, 1.82) is 0 Å². The van der Waals surface area contributed by atoms with Gasteiger partial charge in [0.25, 0.3) is 0 Å². The molecular formula is C13H18N2O4. The van der Waals surface area contributed by atoms with Gasteiger partial charge in [0.1, 0.15) is 11.9 Å². The number of benzene rings is 1. The summed E-state index contributed by atoms with van der Waals surface area (Å²) in [7, 11) is 1.51. The molecule has 0 spiro atoms. The van der Waals surface area contributed by atoms with E-state index in [-0.39, 0.29) is 29.0 Å². The standard InChI is InChI=1S/C13H18N2O4/c1-13(2)11(14)7-12(13)19-10-6-8(18-3)4-5-9(10)15(16)17/h4-6,11-12H,7,14H2,1-3H3. The molecule has 19 heavy (non-hydrogen) atoms. The molecule has 1 aromatic rings. The number of nitro groups is 1. The SMILES string of the molecule is COc1ccc([N+](=O)[O-])c(OC2CC(N)C2(C)C)c1. The minimum atomic E-state index is -0.458. The van der Waals surface area contributed by atoms with Crippen molar-refractivity contribution in [2.24, 2.45) is 11.1 Å². The summed E-state index contributed by atoms with van der Waals surface area (Å²) in [6, 6.07) is 4.53. The maximum Gasteiger partial charge on any atom is 0.311 e. The molecule has 2 rings (SSSR count). The second kappa shape index (κ2) is 4.70. The van der Waals surface area contributed by atoms with E-state index in [1.807, 2.05) is 13.8 Å². The van der Waals surface area contributed by atoms with Gasteiger partial charge in [-0.2, -0.15) is 0 Å². The highest BCUT2D eigenvalue weighted by Crippen LogP contribution is 2.43. The number of methoxy groups -OCH3 is 1. The fourth-order valence-corrected chi connectivity index (χ4v) is 2.14. The number of nitrogens with zero attached hydrogens (tertiary/aromatic N) is 1. The molecule has 0 bridgehead atoms. The lowest BCUT2D eigenvalue weighted by Gasteiger charge is -2.49. The van der Waals surface area contributed by atoms with Crippen molar-refractivity contribution < 1.29 is 14.4 Å². The Morgan fingerprint density at radius 2 is 2.16 bits per heavy atom. The third kappa shape index (κ3) is 2.35. The van der Waals surface area contributed by atoms with E-state index in [2.05, 4.69) is 0 Å². The van der Waals surface area contributed by atoms with Crippen LogP contribution in [0.15, 0.2) is 18.2 Å². The molecule has 0 amide bonds. The molecule has 2 unspecified atom stereocenters. The van der Waals surface area contributed by atoms with Gasteiger partial charge in [0.15, 0.2) is 0 Å². The second-order valence-corrected chi connectivity index (χ2v) is 5.36. The zero-order valence-corrected chi connectivity index (χ0v) is 11.3. The van der Waals surface area contributed by atoms with Gasteiger partial charge in [0, 0.05) is 30.0 Å². The molecule has 104 valence electrons. The van der Waals surface area contributed by atoms with Crippen molar-refractivity contribution in [2.45, 2.75) is 32.4 Å². The summed E-state index contributed by atoms with van der Waals surface area (Å²) in [5.41, 5.74) is 5.67. The zero-order chi connectivity index (χ0) is 14.2. The molecule has 0 aliphatic heterocycles. The molecule has 6 nitrogen and oxygen atoms in total. The summed E-state index contributed by atoms with van der Waals surface area (Å²) in [6.07, 6.45) is 0.578. The van der Waals surface area contributed by atoms with E-state index in [1.165, 1.54) is 19.2 Å². The van der Waals surface area contributed by atoms with Gasteiger partial charge in [-0.05, 0) is 6.07 Å². The number of nitrogens with two attached hydrogens (primary N) is 1. The summed E-state index contributed by atoms with van der Waals surface area (Å²) in [5, 5.41) is 11.0. The predicted octanol–water partition coefficient (Wildman–Crippen LogP) is 2.11. The van der Waals surface area contributed by atoms with E-state index < -0.39 is 4.92 Å². The molecule has 2 atom stereocenters. The normalized spacial score (nSPS) is 24.4. The summed E-state index contributed by atoms with van der Waals surface area (Å²) < 4.78 is 10.8. The molecule has 6 heteroatoms. The van der Waals surface area contributed by atoms with Crippen LogP contribution < -0.4 is 15.2 Å². The molecule has 0 radical (unpaired) electrons. The smallest absolute Gasteiger partial charge is 0.311 e. The molecule has 1 aromatic carbocycles. The topological polar surface area (TPSA) is 87.6 Å². The third-order valence-electron chi connectivity index (χ3n) is 3.89. The van der Waals surface area contributed by atoms with Crippen LogP contribution in [0.5, 0.6) is 11.5 Å². The van der Waals surface area contributed by atoms with Crippen LogP contribution >= 0.6 is 0 Å². The molecule has 0 saturated heterocycles. The fraction of sp³-hybridized carbons (Fsp3) is 0.538. The second-order valence-electron chi connectivity index (χ2n) is 5.36. The summed E-state index contributed by atoms with van der Waals surface area (Å²) in [5.74, 6) is 0.761. The van der Waals surface area contributed by atoms with Gasteiger partial charge in [-0.1, -0.05) is 13.8 Å². The maximum atomic E-state index is 11.0. The molecule has 1 aliphatic rings. The Kier molecular flexibility index (Phi) is 3.36.